The summed E-state index contributed by atoms with van der Waals surface area (Å²) in [7, 11) is -2.20. The largest absolute Gasteiger partial charge is 0.697 e. The second kappa shape index (κ2) is 17.8. The molecule has 0 spiro atoms. The summed E-state index contributed by atoms with van der Waals surface area (Å²) in [6.45, 7) is 4.37. The van der Waals surface area contributed by atoms with Crippen LogP contribution in [-0.2, 0) is 18.3 Å². The highest BCUT2D eigenvalue weighted by molar-refractivity contribution is 7.33. The standard InChI is InChI=1S/C26H43N2O6P/c1-3-4-5-6-7-8-9-10-11-12-13-14-15-16-19-32-35(31)33-21-23-17-18-24(34-23)28-20-22(2)25(29)27-26(28)30/h17-18,20,23-24H,3-16,19,21H2,1-2H3/p+1/t23-,24+/m0/s1. The van der Waals surface area contributed by atoms with Crippen molar-refractivity contribution in [1.29, 1.82) is 0 Å². The lowest BCUT2D eigenvalue weighted by Crippen LogP contribution is -2.33. The lowest BCUT2D eigenvalue weighted by molar-refractivity contribution is -0.00684. The zero-order valence-electron chi connectivity index (χ0n) is 21.5. The van der Waals surface area contributed by atoms with E-state index in [2.05, 4.69) is 11.9 Å². The monoisotopic (exact) mass is 511 g/mol. The van der Waals surface area contributed by atoms with E-state index < -0.39 is 31.8 Å². The van der Waals surface area contributed by atoms with Gasteiger partial charge in [0.05, 0.1) is 0 Å². The maximum absolute atomic E-state index is 12.0. The fourth-order valence-electron chi connectivity index (χ4n) is 4.12. The molecule has 0 amide bonds. The zero-order valence-corrected chi connectivity index (χ0v) is 22.4. The van der Waals surface area contributed by atoms with Crippen molar-refractivity contribution in [3.05, 3.63) is 44.8 Å². The first kappa shape index (κ1) is 29.6. The molecule has 0 radical (unpaired) electrons. The number of hydrogen-bond acceptors (Lipinski definition) is 6. The van der Waals surface area contributed by atoms with Crippen LogP contribution in [-0.4, -0.2) is 28.9 Å². The predicted molar refractivity (Wildman–Crippen MR) is 139 cm³/mol. The van der Waals surface area contributed by atoms with Gasteiger partial charge in [-0.1, -0.05) is 96.5 Å². The van der Waals surface area contributed by atoms with E-state index in [1.165, 1.54) is 87.8 Å². The Bertz CT molecular complexity index is 881. The summed E-state index contributed by atoms with van der Waals surface area (Å²) in [5, 5.41) is 0. The second-order valence-corrected chi connectivity index (χ2v) is 10.3. The molecule has 198 valence electrons. The van der Waals surface area contributed by atoms with E-state index in [0.717, 1.165) is 12.8 Å². The quantitative estimate of drug-likeness (QED) is 0.122. The Kier molecular flexibility index (Phi) is 15.0. The van der Waals surface area contributed by atoms with Crippen LogP contribution >= 0.6 is 8.25 Å². The molecule has 3 atom stereocenters. The van der Waals surface area contributed by atoms with Crippen LogP contribution in [0, 0.1) is 6.92 Å². The Balaban J connectivity index is 1.42. The second-order valence-electron chi connectivity index (χ2n) is 9.38. The highest BCUT2D eigenvalue weighted by Gasteiger charge is 2.27. The SMILES string of the molecule is CCCCCCCCCCCCCCCCO[P+](=O)OC[C@@H]1C=C[C@H](n2cc(C)c(=O)[nH]c2=O)O1. The van der Waals surface area contributed by atoms with Gasteiger partial charge in [0.25, 0.3) is 5.56 Å². The van der Waals surface area contributed by atoms with Crippen LogP contribution in [0.2, 0.25) is 0 Å². The number of unbranched alkanes of at least 4 members (excludes halogenated alkanes) is 13. The van der Waals surface area contributed by atoms with Gasteiger partial charge in [-0.2, -0.15) is 0 Å². The summed E-state index contributed by atoms with van der Waals surface area (Å²) in [5.41, 5.74) is -0.540. The Morgan fingerprint density at radius 3 is 2.06 bits per heavy atom. The Morgan fingerprint density at radius 1 is 0.886 bits per heavy atom. The van der Waals surface area contributed by atoms with Gasteiger partial charge in [0.2, 0.25) is 0 Å². The molecule has 35 heavy (non-hydrogen) atoms. The van der Waals surface area contributed by atoms with E-state index >= 15 is 0 Å². The van der Waals surface area contributed by atoms with Gasteiger partial charge >= 0.3 is 13.9 Å². The number of hydrogen-bond donors (Lipinski definition) is 1. The number of aromatic nitrogens is 2. The lowest BCUT2D eigenvalue weighted by atomic mass is 10.0. The van der Waals surface area contributed by atoms with Crippen LogP contribution in [0.5, 0.6) is 0 Å². The molecular formula is C26H44N2O6P+. The molecule has 8 nitrogen and oxygen atoms in total. The summed E-state index contributed by atoms with van der Waals surface area (Å²) in [6, 6.07) is 0. The Hall–Kier alpha value is -1.60. The Labute approximate surface area is 210 Å². The van der Waals surface area contributed by atoms with E-state index in [1.54, 1.807) is 19.1 Å². The van der Waals surface area contributed by atoms with Gasteiger partial charge < -0.3 is 4.74 Å². The molecule has 0 saturated carbocycles. The van der Waals surface area contributed by atoms with Crippen LogP contribution in [0.15, 0.2) is 27.9 Å². The van der Waals surface area contributed by atoms with Crippen molar-refractivity contribution in [2.75, 3.05) is 13.2 Å². The fraction of sp³-hybridized carbons (Fsp3) is 0.769. The first-order valence-corrected chi connectivity index (χ1v) is 14.5. The van der Waals surface area contributed by atoms with Crippen LogP contribution in [0.1, 0.15) is 109 Å². The van der Waals surface area contributed by atoms with Crippen molar-refractivity contribution in [1.82, 2.24) is 9.55 Å². The van der Waals surface area contributed by atoms with E-state index in [0.29, 0.717) is 12.2 Å². The number of rotatable bonds is 20. The molecule has 2 rings (SSSR count). The molecule has 1 unspecified atom stereocenters. The summed E-state index contributed by atoms with van der Waals surface area (Å²) < 4.78 is 29.5. The minimum atomic E-state index is -2.20. The molecule has 0 bridgehead atoms. The third-order valence-electron chi connectivity index (χ3n) is 6.26. The highest BCUT2D eigenvalue weighted by atomic mass is 31.1. The van der Waals surface area contributed by atoms with Crippen LogP contribution in [0.3, 0.4) is 0 Å². The van der Waals surface area contributed by atoms with Crippen molar-refractivity contribution in [2.24, 2.45) is 0 Å². The molecular weight excluding hydrogens is 467 g/mol. The first-order chi connectivity index (χ1) is 17.0. The van der Waals surface area contributed by atoms with Gasteiger partial charge in [-0.3, -0.25) is 14.3 Å². The van der Waals surface area contributed by atoms with Gasteiger partial charge in [0.1, 0.15) is 19.3 Å². The number of nitrogens with zero attached hydrogens (tertiary/aromatic N) is 1. The molecule has 0 saturated heterocycles. The predicted octanol–water partition coefficient (Wildman–Crippen LogP) is 6.47. The third-order valence-corrected chi connectivity index (χ3v) is 7.02. The molecule has 0 aromatic carbocycles. The normalized spacial score (nSPS) is 17.8. The fourth-order valence-corrected chi connectivity index (χ4v) is 4.75. The first-order valence-electron chi connectivity index (χ1n) is 13.4. The lowest BCUT2D eigenvalue weighted by Gasteiger charge is -2.14. The molecule has 1 aliphatic heterocycles. The molecule has 1 N–H and O–H groups in total. The topological polar surface area (TPSA) is 99.6 Å². The van der Waals surface area contributed by atoms with E-state index in [1.807, 2.05) is 0 Å². The third kappa shape index (κ3) is 12.3. The van der Waals surface area contributed by atoms with Crippen molar-refractivity contribution < 1.29 is 18.3 Å². The molecule has 1 aromatic heterocycles. The number of nitrogens with one attached hydrogen (secondary N) is 1. The van der Waals surface area contributed by atoms with E-state index in [-0.39, 0.29) is 6.61 Å². The minimum absolute atomic E-state index is 0.0675. The van der Waals surface area contributed by atoms with Crippen LogP contribution in [0.25, 0.3) is 0 Å². The maximum atomic E-state index is 12.0. The molecule has 0 aliphatic carbocycles. The number of H-pyrrole nitrogens is 1. The zero-order chi connectivity index (χ0) is 25.3. The van der Waals surface area contributed by atoms with E-state index in [4.69, 9.17) is 13.8 Å². The summed E-state index contributed by atoms with van der Waals surface area (Å²) in [6.07, 6.45) is 21.9. The molecule has 0 fully saturated rings. The molecule has 2 heterocycles. The van der Waals surface area contributed by atoms with Crippen molar-refractivity contribution in [3.63, 3.8) is 0 Å². The maximum Gasteiger partial charge on any atom is 0.697 e. The van der Waals surface area contributed by atoms with Gasteiger partial charge in [0, 0.05) is 16.3 Å². The summed E-state index contributed by atoms with van der Waals surface area (Å²) >= 11 is 0. The minimum Gasteiger partial charge on any atom is -0.344 e. The average Bonchev–Trinajstić information content (AvgIpc) is 3.31. The van der Waals surface area contributed by atoms with Crippen molar-refractivity contribution in [3.8, 4) is 0 Å². The highest BCUT2D eigenvalue weighted by Crippen LogP contribution is 2.27. The van der Waals surface area contributed by atoms with Crippen LogP contribution in [0.4, 0.5) is 0 Å². The molecule has 1 aromatic rings. The smallest absolute Gasteiger partial charge is 0.344 e. The van der Waals surface area contributed by atoms with Crippen molar-refractivity contribution >= 4 is 8.25 Å². The number of aryl methyl sites for hydroxylation is 1. The van der Waals surface area contributed by atoms with Crippen LogP contribution < -0.4 is 11.2 Å². The summed E-state index contributed by atoms with van der Waals surface area (Å²) in [4.78, 5) is 25.7. The number of ether oxygens (including phenoxy) is 1. The molecule has 9 heteroatoms. The average molecular weight is 512 g/mol. The Morgan fingerprint density at radius 2 is 1.46 bits per heavy atom. The van der Waals surface area contributed by atoms with Gasteiger partial charge in [-0.25, -0.2) is 4.79 Å². The van der Waals surface area contributed by atoms with Gasteiger partial charge in [0.15, 0.2) is 6.23 Å². The van der Waals surface area contributed by atoms with Gasteiger partial charge in [-0.05, 0) is 19.4 Å². The van der Waals surface area contributed by atoms with Gasteiger partial charge in [-0.15, -0.1) is 9.05 Å². The molecule has 1 aliphatic rings. The summed E-state index contributed by atoms with van der Waals surface area (Å²) in [5.74, 6) is 0. The van der Waals surface area contributed by atoms with Crippen molar-refractivity contribution in [2.45, 2.75) is 116 Å². The van der Waals surface area contributed by atoms with E-state index in [9.17, 15) is 14.2 Å². The number of aromatic amines is 1.